The number of para-hydroxylation sites is 1. The molecular formula is C16H16O. The first kappa shape index (κ1) is 10.4. The van der Waals surface area contributed by atoms with Gasteiger partial charge >= 0.3 is 0 Å². The molecule has 0 bridgehead atoms. The van der Waals surface area contributed by atoms with Crippen molar-refractivity contribution in [2.75, 3.05) is 0 Å². The fourth-order valence-corrected chi connectivity index (χ4v) is 2.40. The van der Waals surface area contributed by atoms with Gasteiger partial charge in [0.05, 0.1) is 0 Å². The minimum Gasteiger partial charge on any atom is -0.456 e. The van der Waals surface area contributed by atoms with Crippen LogP contribution in [-0.4, -0.2) is 0 Å². The summed E-state index contributed by atoms with van der Waals surface area (Å²) in [6, 6.07) is 14.6. The summed E-state index contributed by atoms with van der Waals surface area (Å²) < 4.78 is 5.89. The van der Waals surface area contributed by atoms with E-state index in [1.54, 1.807) is 0 Å². The molecule has 86 valence electrons. The van der Waals surface area contributed by atoms with Crippen molar-refractivity contribution >= 4 is 21.9 Å². The van der Waals surface area contributed by atoms with Crippen LogP contribution in [0.15, 0.2) is 46.9 Å². The van der Waals surface area contributed by atoms with Crippen LogP contribution in [0.4, 0.5) is 0 Å². The third kappa shape index (κ3) is 1.54. The smallest absolute Gasteiger partial charge is 0.135 e. The normalized spacial score (nSPS) is 12.4. The van der Waals surface area contributed by atoms with Gasteiger partial charge in [0.25, 0.3) is 0 Å². The molecule has 0 saturated carbocycles. The Morgan fingerprint density at radius 3 is 2.29 bits per heavy atom. The quantitative estimate of drug-likeness (QED) is 0.530. The summed E-state index contributed by atoms with van der Waals surface area (Å²) in [5.41, 5.74) is 3.43. The molecule has 0 spiro atoms. The molecule has 0 aliphatic rings. The molecule has 0 atom stereocenters. The zero-order valence-electron chi connectivity index (χ0n) is 10.4. The number of fused-ring (bicyclic) bond motifs is 3. The van der Waals surface area contributed by atoms with Crippen LogP contribution in [0.5, 0.6) is 0 Å². The number of furan rings is 1. The molecule has 1 aromatic heterocycles. The molecule has 2 aromatic carbocycles. The standard InChI is InChI=1S/C16H16O/c1-16(2,3)12-8-6-10-14-15(12)11-7-4-5-9-13(11)17-14/h4-10H,1-3H3. The first-order valence-electron chi connectivity index (χ1n) is 5.98. The van der Waals surface area contributed by atoms with Gasteiger partial charge in [0.15, 0.2) is 0 Å². The Labute approximate surface area is 101 Å². The van der Waals surface area contributed by atoms with Gasteiger partial charge in [-0.3, -0.25) is 0 Å². The summed E-state index contributed by atoms with van der Waals surface area (Å²) in [4.78, 5) is 0. The summed E-state index contributed by atoms with van der Waals surface area (Å²) in [6.45, 7) is 6.72. The van der Waals surface area contributed by atoms with Crippen LogP contribution in [0.3, 0.4) is 0 Å². The van der Waals surface area contributed by atoms with Crippen molar-refractivity contribution in [1.82, 2.24) is 0 Å². The van der Waals surface area contributed by atoms with Crippen molar-refractivity contribution in [3.05, 3.63) is 48.0 Å². The summed E-state index contributed by atoms with van der Waals surface area (Å²) in [6.07, 6.45) is 0. The maximum Gasteiger partial charge on any atom is 0.135 e. The van der Waals surface area contributed by atoms with E-state index in [0.29, 0.717) is 0 Å². The highest BCUT2D eigenvalue weighted by molar-refractivity contribution is 6.07. The minimum absolute atomic E-state index is 0.131. The molecule has 0 fully saturated rings. The van der Waals surface area contributed by atoms with Gasteiger partial charge in [0, 0.05) is 10.8 Å². The van der Waals surface area contributed by atoms with Gasteiger partial charge in [-0.2, -0.15) is 0 Å². The van der Waals surface area contributed by atoms with E-state index < -0.39 is 0 Å². The number of hydrogen-bond donors (Lipinski definition) is 0. The van der Waals surface area contributed by atoms with Crippen LogP contribution in [0.25, 0.3) is 21.9 Å². The van der Waals surface area contributed by atoms with Gasteiger partial charge in [-0.15, -0.1) is 0 Å². The second kappa shape index (κ2) is 3.36. The molecule has 1 heteroatoms. The molecule has 0 amide bonds. The van der Waals surface area contributed by atoms with Gasteiger partial charge < -0.3 is 4.42 Å². The summed E-state index contributed by atoms with van der Waals surface area (Å²) >= 11 is 0. The van der Waals surface area contributed by atoms with Gasteiger partial charge in [0.2, 0.25) is 0 Å². The van der Waals surface area contributed by atoms with Gasteiger partial charge in [-0.05, 0) is 23.1 Å². The van der Waals surface area contributed by atoms with Gasteiger partial charge in [0.1, 0.15) is 11.2 Å². The SMILES string of the molecule is CC(C)(C)c1cccc2oc3ccccc3c12. The first-order chi connectivity index (χ1) is 8.07. The maximum atomic E-state index is 5.89. The van der Waals surface area contributed by atoms with Crippen LogP contribution in [0.1, 0.15) is 26.3 Å². The molecule has 0 saturated heterocycles. The molecule has 0 unspecified atom stereocenters. The van der Waals surface area contributed by atoms with Crippen LogP contribution < -0.4 is 0 Å². The maximum absolute atomic E-state index is 5.89. The van der Waals surface area contributed by atoms with E-state index >= 15 is 0 Å². The zero-order chi connectivity index (χ0) is 12.0. The third-order valence-electron chi connectivity index (χ3n) is 3.21. The molecular weight excluding hydrogens is 208 g/mol. The van der Waals surface area contributed by atoms with Crippen LogP contribution >= 0.6 is 0 Å². The molecule has 17 heavy (non-hydrogen) atoms. The molecule has 1 nitrogen and oxygen atoms in total. The molecule has 0 aliphatic heterocycles. The predicted octanol–water partition coefficient (Wildman–Crippen LogP) is 4.88. The minimum atomic E-state index is 0.131. The van der Waals surface area contributed by atoms with E-state index in [4.69, 9.17) is 4.42 Å². The lowest BCUT2D eigenvalue weighted by Crippen LogP contribution is -2.11. The van der Waals surface area contributed by atoms with Crippen molar-refractivity contribution in [2.45, 2.75) is 26.2 Å². The van der Waals surface area contributed by atoms with Crippen LogP contribution in [0.2, 0.25) is 0 Å². The lowest BCUT2D eigenvalue weighted by molar-refractivity contribution is 0.594. The summed E-state index contributed by atoms with van der Waals surface area (Å²) in [7, 11) is 0. The number of rotatable bonds is 0. The Bertz CT molecular complexity index is 683. The summed E-state index contributed by atoms with van der Waals surface area (Å²) in [5.74, 6) is 0. The van der Waals surface area contributed by atoms with Crippen molar-refractivity contribution in [1.29, 1.82) is 0 Å². The molecule has 0 aliphatic carbocycles. The molecule has 1 heterocycles. The predicted molar refractivity (Wildman–Crippen MR) is 72.4 cm³/mol. The largest absolute Gasteiger partial charge is 0.456 e. The van der Waals surface area contributed by atoms with E-state index in [9.17, 15) is 0 Å². The highest BCUT2D eigenvalue weighted by atomic mass is 16.3. The van der Waals surface area contributed by atoms with Crippen molar-refractivity contribution in [3.8, 4) is 0 Å². The van der Waals surface area contributed by atoms with Crippen LogP contribution in [-0.2, 0) is 5.41 Å². The monoisotopic (exact) mass is 224 g/mol. The van der Waals surface area contributed by atoms with E-state index in [2.05, 4.69) is 45.0 Å². The lowest BCUT2D eigenvalue weighted by Gasteiger charge is -2.19. The Morgan fingerprint density at radius 1 is 0.824 bits per heavy atom. The highest BCUT2D eigenvalue weighted by Gasteiger charge is 2.19. The highest BCUT2D eigenvalue weighted by Crippen LogP contribution is 2.36. The zero-order valence-corrected chi connectivity index (χ0v) is 10.4. The van der Waals surface area contributed by atoms with Crippen molar-refractivity contribution in [3.63, 3.8) is 0 Å². The second-order valence-electron chi connectivity index (χ2n) is 5.53. The first-order valence-corrected chi connectivity index (χ1v) is 5.98. The second-order valence-corrected chi connectivity index (χ2v) is 5.53. The van der Waals surface area contributed by atoms with E-state index in [1.165, 1.54) is 16.3 Å². The van der Waals surface area contributed by atoms with Gasteiger partial charge in [-0.25, -0.2) is 0 Å². The molecule has 3 rings (SSSR count). The average Bonchev–Trinajstić information content (AvgIpc) is 2.65. The molecule has 3 aromatic rings. The number of benzene rings is 2. The van der Waals surface area contributed by atoms with Crippen LogP contribution in [0, 0.1) is 0 Å². The Hall–Kier alpha value is -1.76. The fraction of sp³-hybridized carbons (Fsp3) is 0.250. The fourth-order valence-electron chi connectivity index (χ4n) is 2.40. The lowest BCUT2D eigenvalue weighted by atomic mass is 9.84. The number of hydrogen-bond acceptors (Lipinski definition) is 1. The van der Waals surface area contributed by atoms with E-state index in [1.807, 2.05) is 18.2 Å². The Kier molecular flexibility index (Phi) is 2.06. The van der Waals surface area contributed by atoms with Gasteiger partial charge in [-0.1, -0.05) is 51.1 Å². The molecule has 0 N–H and O–H groups in total. The average molecular weight is 224 g/mol. The van der Waals surface area contributed by atoms with Crippen molar-refractivity contribution in [2.24, 2.45) is 0 Å². The Balaban J connectivity index is 2.52. The summed E-state index contributed by atoms with van der Waals surface area (Å²) in [5, 5.41) is 2.48. The topological polar surface area (TPSA) is 13.1 Å². The van der Waals surface area contributed by atoms with Crippen molar-refractivity contribution < 1.29 is 4.42 Å². The Morgan fingerprint density at radius 2 is 1.53 bits per heavy atom. The third-order valence-corrected chi connectivity index (χ3v) is 3.21. The molecule has 0 radical (unpaired) electrons. The van der Waals surface area contributed by atoms with E-state index in [-0.39, 0.29) is 5.41 Å². The van der Waals surface area contributed by atoms with E-state index in [0.717, 1.165) is 11.2 Å².